The van der Waals surface area contributed by atoms with Crippen LogP contribution in [-0.2, 0) is 9.59 Å². The molecule has 0 aromatic heterocycles. The van der Waals surface area contributed by atoms with Crippen LogP contribution in [0.1, 0.15) is 40.0 Å². The van der Waals surface area contributed by atoms with Gasteiger partial charge in [-0.3, -0.25) is 14.9 Å². The van der Waals surface area contributed by atoms with Crippen LogP contribution in [0.4, 0.5) is 0 Å². The first-order chi connectivity index (χ1) is 7.97. The van der Waals surface area contributed by atoms with Gasteiger partial charge in [-0.15, -0.1) is 12.4 Å². The average Bonchev–Trinajstić information content (AvgIpc) is 2.59. The third-order valence-electron chi connectivity index (χ3n) is 3.14. The summed E-state index contributed by atoms with van der Waals surface area (Å²) in [4.78, 5) is 24.8. The summed E-state index contributed by atoms with van der Waals surface area (Å²) >= 11 is 0. The minimum atomic E-state index is -0.873. The lowest BCUT2D eigenvalue weighted by Crippen LogP contribution is -2.48. The van der Waals surface area contributed by atoms with Gasteiger partial charge in [-0.2, -0.15) is 0 Å². The van der Waals surface area contributed by atoms with E-state index in [0.29, 0.717) is 19.4 Å². The molecule has 5 nitrogen and oxygen atoms in total. The van der Waals surface area contributed by atoms with Crippen molar-refractivity contribution in [1.82, 2.24) is 10.2 Å². The Bertz CT molecular complexity index is 297. The highest BCUT2D eigenvalue weighted by Crippen LogP contribution is 2.15. The van der Waals surface area contributed by atoms with Gasteiger partial charge in [-0.1, -0.05) is 13.3 Å². The highest BCUT2D eigenvalue weighted by molar-refractivity contribution is 5.85. The van der Waals surface area contributed by atoms with Crippen LogP contribution in [0.25, 0.3) is 0 Å². The fraction of sp³-hybridized carbons (Fsp3) is 0.833. The van der Waals surface area contributed by atoms with Gasteiger partial charge >= 0.3 is 5.97 Å². The number of carboxylic acid groups (broad SMARTS) is 1. The van der Waals surface area contributed by atoms with Crippen molar-refractivity contribution in [2.24, 2.45) is 0 Å². The smallest absolute Gasteiger partial charge is 0.320 e. The van der Waals surface area contributed by atoms with Gasteiger partial charge in [0.05, 0.1) is 6.04 Å². The van der Waals surface area contributed by atoms with E-state index in [1.54, 1.807) is 4.90 Å². The van der Waals surface area contributed by atoms with Crippen molar-refractivity contribution in [2.45, 2.75) is 58.2 Å². The number of rotatable bonds is 6. The number of hydrogen-bond acceptors (Lipinski definition) is 3. The summed E-state index contributed by atoms with van der Waals surface area (Å²) in [5.41, 5.74) is 0. The molecule has 0 bridgehead atoms. The first-order valence-electron chi connectivity index (χ1n) is 6.26. The van der Waals surface area contributed by atoms with Crippen LogP contribution in [0, 0.1) is 0 Å². The second-order valence-corrected chi connectivity index (χ2v) is 4.81. The van der Waals surface area contributed by atoms with Crippen molar-refractivity contribution in [1.29, 1.82) is 0 Å². The van der Waals surface area contributed by atoms with E-state index in [9.17, 15) is 9.59 Å². The second-order valence-electron chi connectivity index (χ2n) is 4.81. The molecule has 1 saturated heterocycles. The third-order valence-corrected chi connectivity index (χ3v) is 3.14. The Morgan fingerprint density at radius 3 is 2.56 bits per heavy atom. The molecule has 1 rings (SSSR count). The number of aliphatic carboxylic acids is 1. The fourth-order valence-corrected chi connectivity index (χ4v) is 2.18. The van der Waals surface area contributed by atoms with Crippen molar-refractivity contribution in [3.8, 4) is 0 Å². The maximum absolute atomic E-state index is 12.0. The van der Waals surface area contributed by atoms with Crippen molar-refractivity contribution < 1.29 is 14.7 Å². The Labute approximate surface area is 114 Å². The zero-order chi connectivity index (χ0) is 13.0. The highest BCUT2D eigenvalue weighted by atomic mass is 35.5. The third kappa shape index (κ3) is 4.14. The Morgan fingerprint density at radius 1 is 1.56 bits per heavy atom. The van der Waals surface area contributed by atoms with E-state index in [1.165, 1.54) is 0 Å². The lowest BCUT2D eigenvalue weighted by molar-refractivity contribution is -0.140. The normalized spacial score (nSPS) is 21.0. The highest BCUT2D eigenvalue weighted by Gasteiger charge is 2.35. The number of likely N-dealkylation sites (tertiary alicyclic amines) is 1. The molecule has 2 unspecified atom stereocenters. The molecule has 0 spiro atoms. The van der Waals surface area contributed by atoms with Crippen LogP contribution in [-0.4, -0.2) is 46.6 Å². The van der Waals surface area contributed by atoms with Gasteiger partial charge in [-0.05, 0) is 26.7 Å². The summed E-state index contributed by atoms with van der Waals surface area (Å²) in [5.74, 6) is -0.843. The van der Waals surface area contributed by atoms with E-state index < -0.39 is 12.0 Å². The summed E-state index contributed by atoms with van der Waals surface area (Å²) in [7, 11) is 0. The summed E-state index contributed by atoms with van der Waals surface area (Å²) in [5, 5.41) is 12.0. The molecule has 1 aliphatic rings. The first kappa shape index (κ1) is 17.2. The topological polar surface area (TPSA) is 69.6 Å². The molecular weight excluding hydrogens is 256 g/mol. The summed E-state index contributed by atoms with van der Waals surface area (Å²) < 4.78 is 0. The SMILES string of the molecule is CCCC(NC1CCN(C(C)C)C1=O)C(=O)O.Cl. The Kier molecular flexibility index (Phi) is 7.25. The van der Waals surface area contributed by atoms with Crippen LogP contribution in [0.3, 0.4) is 0 Å². The summed E-state index contributed by atoms with van der Waals surface area (Å²) in [6.07, 6.45) is 2.05. The van der Waals surface area contributed by atoms with Gasteiger partial charge in [0.1, 0.15) is 6.04 Å². The second kappa shape index (κ2) is 7.59. The van der Waals surface area contributed by atoms with E-state index >= 15 is 0 Å². The van der Waals surface area contributed by atoms with E-state index in [2.05, 4.69) is 5.32 Å². The van der Waals surface area contributed by atoms with E-state index in [0.717, 1.165) is 6.42 Å². The van der Waals surface area contributed by atoms with Crippen molar-refractivity contribution in [3.63, 3.8) is 0 Å². The molecule has 0 saturated carbocycles. The molecule has 2 atom stereocenters. The van der Waals surface area contributed by atoms with Gasteiger partial charge in [-0.25, -0.2) is 0 Å². The van der Waals surface area contributed by atoms with Gasteiger partial charge < -0.3 is 10.0 Å². The molecule has 1 aliphatic heterocycles. The van der Waals surface area contributed by atoms with Crippen molar-refractivity contribution in [2.75, 3.05) is 6.54 Å². The molecule has 106 valence electrons. The number of nitrogens with one attached hydrogen (secondary N) is 1. The Morgan fingerprint density at radius 2 is 2.17 bits per heavy atom. The van der Waals surface area contributed by atoms with Gasteiger partial charge in [0.25, 0.3) is 0 Å². The number of halogens is 1. The van der Waals surface area contributed by atoms with Crippen LogP contribution in [0.5, 0.6) is 0 Å². The Hall–Kier alpha value is -0.810. The molecule has 1 amide bonds. The minimum Gasteiger partial charge on any atom is -0.480 e. The van der Waals surface area contributed by atoms with E-state index in [4.69, 9.17) is 5.11 Å². The maximum atomic E-state index is 12.0. The fourth-order valence-electron chi connectivity index (χ4n) is 2.18. The summed E-state index contributed by atoms with van der Waals surface area (Å²) in [6.45, 7) is 6.60. The van der Waals surface area contributed by atoms with Crippen LogP contribution < -0.4 is 5.32 Å². The molecule has 0 aromatic carbocycles. The predicted octanol–water partition coefficient (Wildman–Crippen LogP) is 1.26. The first-order valence-corrected chi connectivity index (χ1v) is 6.26. The molecule has 1 heterocycles. The van der Waals surface area contributed by atoms with Gasteiger partial charge in [0.2, 0.25) is 5.91 Å². The van der Waals surface area contributed by atoms with Crippen LogP contribution >= 0.6 is 12.4 Å². The lowest BCUT2D eigenvalue weighted by atomic mass is 10.1. The number of carbonyl (C=O) groups excluding carboxylic acids is 1. The summed E-state index contributed by atoms with van der Waals surface area (Å²) in [6, 6.07) is -0.755. The number of amides is 1. The number of nitrogens with zero attached hydrogens (tertiary/aromatic N) is 1. The largest absolute Gasteiger partial charge is 0.480 e. The lowest BCUT2D eigenvalue weighted by Gasteiger charge is -2.22. The molecule has 18 heavy (non-hydrogen) atoms. The average molecular weight is 279 g/mol. The number of carboxylic acids is 1. The molecular formula is C12H23ClN2O3. The quantitative estimate of drug-likeness (QED) is 0.767. The maximum Gasteiger partial charge on any atom is 0.320 e. The van der Waals surface area contributed by atoms with Crippen molar-refractivity contribution in [3.05, 3.63) is 0 Å². The van der Waals surface area contributed by atoms with E-state index in [1.807, 2.05) is 20.8 Å². The predicted molar refractivity (Wildman–Crippen MR) is 72.0 cm³/mol. The minimum absolute atomic E-state index is 0. The molecule has 0 radical (unpaired) electrons. The van der Waals surface area contributed by atoms with Gasteiger partial charge in [0.15, 0.2) is 0 Å². The number of hydrogen-bond donors (Lipinski definition) is 2. The van der Waals surface area contributed by atoms with Crippen LogP contribution in [0.15, 0.2) is 0 Å². The zero-order valence-corrected chi connectivity index (χ0v) is 12.0. The molecule has 2 N–H and O–H groups in total. The Balaban J connectivity index is 0.00000289. The number of carbonyl (C=O) groups is 2. The molecule has 0 aliphatic carbocycles. The zero-order valence-electron chi connectivity index (χ0n) is 11.2. The standard InChI is InChI=1S/C12H22N2O3.ClH/c1-4-5-10(12(16)17)13-9-6-7-14(8(2)3)11(9)15;/h8-10,13H,4-7H2,1-3H3,(H,16,17);1H. The van der Waals surface area contributed by atoms with E-state index in [-0.39, 0.29) is 30.4 Å². The van der Waals surface area contributed by atoms with Gasteiger partial charge in [0, 0.05) is 12.6 Å². The van der Waals surface area contributed by atoms with Crippen LogP contribution in [0.2, 0.25) is 0 Å². The molecule has 6 heteroatoms. The van der Waals surface area contributed by atoms with Crippen molar-refractivity contribution >= 4 is 24.3 Å². The molecule has 1 fully saturated rings. The monoisotopic (exact) mass is 278 g/mol. The molecule has 0 aromatic rings.